The van der Waals surface area contributed by atoms with E-state index in [0.29, 0.717) is 12.2 Å². The van der Waals surface area contributed by atoms with Gasteiger partial charge in [-0.05, 0) is 29.1 Å². The fourth-order valence-electron chi connectivity index (χ4n) is 2.34. The minimum Gasteiger partial charge on any atom is -0.488 e. The van der Waals surface area contributed by atoms with Crippen LogP contribution in [0.4, 0.5) is 0 Å². The third kappa shape index (κ3) is 2.93. The third-order valence-electron chi connectivity index (χ3n) is 3.52. The molecule has 0 saturated heterocycles. The number of ether oxygens (including phenoxy) is 2. The maximum atomic E-state index is 11.4. The Morgan fingerprint density at radius 3 is 2.41 bits per heavy atom. The zero-order chi connectivity index (χ0) is 15.4. The van der Waals surface area contributed by atoms with Crippen LogP contribution in [0.2, 0.25) is 0 Å². The second-order valence-electron chi connectivity index (χ2n) is 4.95. The topological polar surface area (TPSA) is 35.5 Å². The fraction of sp³-hybridized carbons (Fsp3) is 0.105. The molecule has 3 aromatic carbocycles. The van der Waals surface area contributed by atoms with E-state index in [1.807, 2.05) is 42.5 Å². The van der Waals surface area contributed by atoms with Crippen LogP contribution >= 0.6 is 0 Å². The molecule has 0 aromatic heterocycles. The molecule has 0 aliphatic carbocycles. The average Bonchev–Trinajstić information content (AvgIpc) is 2.59. The lowest BCUT2D eigenvalue weighted by molar-refractivity contribution is 0.0600. The Bertz CT molecular complexity index is 786. The van der Waals surface area contributed by atoms with Gasteiger partial charge in [-0.15, -0.1) is 0 Å². The lowest BCUT2D eigenvalue weighted by Crippen LogP contribution is -2.02. The molecule has 0 aliphatic heterocycles. The van der Waals surface area contributed by atoms with Crippen LogP contribution in [0, 0.1) is 0 Å². The van der Waals surface area contributed by atoms with E-state index in [9.17, 15) is 4.79 Å². The van der Waals surface area contributed by atoms with E-state index in [4.69, 9.17) is 4.74 Å². The second kappa shape index (κ2) is 6.31. The summed E-state index contributed by atoms with van der Waals surface area (Å²) in [6.07, 6.45) is 0. The Balaban J connectivity index is 1.75. The summed E-state index contributed by atoms with van der Waals surface area (Å²) in [6, 6.07) is 21.4. The van der Waals surface area contributed by atoms with Crippen LogP contribution in [0.5, 0.6) is 5.75 Å². The van der Waals surface area contributed by atoms with Crippen molar-refractivity contribution >= 4 is 16.7 Å². The first kappa shape index (κ1) is 14.1. The molecule has 110 valence electrons. The minimum absolute atomic E-state index is 0.332. The molecule has 0 unspecified atom stereocenters. The first-order chi connectivity index (χ1) is 10.8. The number of hydrogen-bond acceptors (Lipinski definition) is 3. The first-order valence-electron chi connectivity index (χ1n) is 7.06. The van der Waals surface area contributed by atoms with E-state index in [1.165, 1.54) is 7.11 Å². The van der Waals surface area contributed by atoms with Gasteiger partial charge in [-0.3, -0.25) is 0 Å². The van der Waals surface area contributed by atoms with Gasteiger partial charge in [0.1, 0.15) is 12.4 Å². The molecule has 0 heterocycles. The molecule has 0 N–H and O–H groups in total. The summed E-state index contributed by atoms with van der Waals surface area (Å²) in [4.78, 5) is 11.4. The molecule has 0 fully saturated rings. The minimum atomic E-state index is -0.332. The van der Waals surface area contributed by atoms with Gasteiger partial charge in [-0.2, -0.15) is 0 Å². The van der Waals surface area contributed by atoms with E-state index in [2.05, 4.69) is 16.9 Å². The molecule has 3 heteroatoms. The molecule has 22 heavy (non-hydrogen) atoms. The van der Waals surface area contributed by atoms with E-state index in [1.54, 1.807) is 12.1 Å². The SMILES string of the molecule is COC(=O)c1ccc(COc2cccc3ccccc23)cc1. The zero-order valence-corrected chi connectivity index (χ0v) is 12.3. The number of esters is 1. The van der Waals surface area contributed by atoms with Crippen molar-refractivity contribution in [2.75, 3.05) is 7.11 Å². The summed E-state index contributed by atoms with van der Waals surface area (Å²) in [6.45, 7) is 0.454. The van der Waals surface area contributed by atoms with Gasteiger partial charge in [0, 0.05) is 5.39 Å². The van der Waals surface area contributed by atoms with Gasteiger partial charge in [0.25, 0.3) is 0 Å². The molecule has 3 rings (SSSR count). The summed E-state index contributed by atoms with van der Waals surface area (Å²) in [5.74, 6) is 0.525. The number of methoxy groups -OCH3 is 1. The van der Waals surface area contributed by atoms with Crippen LogP contribution in [0.25, 0.3) is 10.8 Å². The van der Waals surface area contributed by atoms with Crippen molar-refractivity contribution in [3.8, 4) is 5.75 Å². The van der Waals surface area contributed by atoms with Crippen molar-refractivity contribution in [3.05, 3.63) is 77.9 Å². The summed E-state index contributed by atoms with van der Waals surface area (Å²) in [5.41, 5.74) is 1.54. The Labute approximate surface area is 129 Å². The summed E-state index contributed by atoms with van der Waals surface area (Å²) in [5, 5.41) is 2.25. The van der Waals surface area contributed by atoms with Crippen LogP contribution in [0.15, 0.2) is 66.7 Å². The highest BCUT2D eigenvalue weighted by Crippen LogP contribution is 2.25. The average molecular weight is 292 g/mol. The number of hydrogen-bond donors (Lipinski definition) is 0. The van der Waals surface area contributed by atoms with Crippen LogP contribution in [-0.4, -0.2) is 13.1 Å². The van der Waals surface area contributed by atoms with E-state index >= 15 is 0 Å². The molecule has 0 saturated carbocycles. The van der Waals surface area contributed by atoms with Crippen molar-refractivity contribution in [1.29, 1.82) is 0 Å². The van der Waals surface area contributed by atoms with Crippen molar-refractivity contribution in [3.63, 3.8) is 0 Å². The standard InChI is InChI=1S/C19H16O3/c1-21-19(20)16-11-9-14(10-12-16)13-22-18-8-4-6-15-5-2-3-7-17(15)18/h2-12H,13H2,1H3. The predicted octanol–water partition coefficient (Wildman–Crippen LogP) is 4.21. The normalized spacial score (nSPS) is 10.4. The number of rotatable bonds is 4. The molecule has 0 aliphatic rings. The highest BCUT2D eigenvalue weighted by atomic mass is 16.5. The largest absolute Gasteiger partial charge is 0.488 e. The number of carbonyl (C=O) groups excluding carboxylic acids is 1. The second-order valence-corrected chi connectivity index (χ2v) is 4.95. The first-order valence-corrected chi connectivity index (χ1v) is 7.06. The summed E-state index contributed by atoms with van der Waals surface area (Å²) >= 11 is 0. The van der Waals surface area contributed by atoms with Gasteiger partial charge in [-0.1, -0.05) is 48.5 Å². The van der Waals surface area contributed by atoms with Gasteiger partial charge >= 0.3 is 5.97 Å². The van der Waals surface area contributed by atoms with Gasteiger partial charge in [0.2, 0.25) is 0 Å². The van der Waals surface area contributed by atoms with Crippen LogP contribution in [0.3, 0.4) is 0 Å². The van der Waals surface area contributed by atoms with Gasteiger partial charge in [0.15, 0.2) is 0 Å². The molecule has 0 bridgehead atoms. The van der Waals surface area contributed by atoms with Crippen LogP contribution in [0.1, 0.15) is 15.9 Å². The maximum absolute atomic E-state index is 11.4. The van der Waals surface area contributed by atoms with E-state index < -0.39 is 0 Å². The highest BCUT2D eigenvalue weighted by Gasteiger charge is 2.05. The summed E-state index contributed by atoms with van der Waals surface area (Å²) < 4.78 is 10.6. The Morgan fingerprint density at radius 2 is 1.64 bits per heavy atom. The summed E-state index contributed by atoms with van der Waals surface area (Å²) in [7, 11) is 1.37. The molecule has 0 amide bonds. The van der Waals surface area contributed by atoms with Gasteiger partial charge in [-0.25, -0.2) is 4.79 Å². The van der Waals surface area contributed by atoms with Gasteiger partial charge in [0.05, 0.1) is 12.7 Å². The van der Waals surface area contributed by atoms with E-state index in [-0.39, 0.29) is 5.97 Å². The Morgan fingerprint density at radius 1 is 0.909 bits per heavy atom. The molecule has 3 aromatic rings. The highest BCUT2D eigenvalue weighted by molar-refractivity contribution is 5.89. The van der Waals surface area contributed by atoms with Crippen molar-refractivity contribution in [1.82, 2.24) is 0 Å². The van der Waals surface area contributed by atoms with Crippen molar-refractivity contribution < 1.29 is 14.3 Å². The molecule has 0 spiro atoms. The van der Waals surface area contributed by atoms with Gasteiger partial charge < -0.3 is 9.47 Å². The molecular weight excluding hydrogens is 276 g/mol. The molecule has 0 radical (unpaired) electrons. The Kier molecular flexibility index (Phi) is 4.05. The van der Waals surface area contributed by atoms with Crippen molar-refractivity contribution in [2.45, 2.75) is 6.61 Å². The zero-order valence-electron chi connectivity index (χ0n) is 12.3. The number of benzene rings is 3. The smallest absolute Gasteiger partial charge is 0.337 e. The molecule has 0 atom stereocenters. The van der Waals surface area contributed by atoms with Crippen LogP contribution in [-0.2, 0) is 11.3 Å². The maximum Gasteiger partial charge on any atom is 0.337 e. The van der Waals surface area contributed by atoms with Crippen molar-refractivity contribution in [2.24, 2.45) is 0 Å². The van der Waals surface area contributed by atoms with Crippen LogP contribution < -0.4 is 4.74 Å². The third-order valence-corrected chi connectivity index (χ3v) is 3.52. The van der Waals surface area contributed by atoms with E-state index in [0.717, 1.165) is 22.1 Å². The lowest BCUT2D eigenvalue weighted by atomic mass is 10.1. The Hall–Kier alpha value is -2.81. The molecule has 3 nitrogen and oxygen atoms in total. The number of fused-ring (bicyclic) bond motifs is 1. The quantitative estimate of drug-likeness (QED) is 0.676. The molecular formula is C19H16O3. The number of carbonyl (C=O) groups is 1. The lowest BCUT2D eigenvalue weighted by Gasteiger charge is -2.09. The fourth-order valence-corrected chi connectivity index (χ4v) is 2.34. The predicted molar refractivity (Wildman–Crippen MR) is 86.1 cm³/mol. The monoisotopic (exact) mass is 292 g/mol.